The van der Waals surface area contributed by atoms with Gasteiger partial charge in [-0.15, -0.1) is 0 Å². The molecule has 0 saturated carbocycles. The van der Waals surface area contributed by atoms with Crippen molar-refractivity contribution < 1.29 is 22.7 Å². The van der Waals surface area contributed by atoms with Crippen LogP contribution in [-0.4, -0.2) is 93.8 Å². The maximum absolute atomic E-state index is 12.4. The molecule has 2 amide bonds. The van der Waals surface area contributed by atoms with Crippen LogP contribution >= 0.6 is 0 Å². The average Bonchev–Trinajstić information content (AvgIpc) is 2.60. The van der Waals surface area contributed by atoms with Gasteiger partial charge in [0.2, 0.25) is 21.8 Å². The molecule has 2 rings (SSSR count). The van der Waals surface area contributed by atoms with Gasteiger partial charge in [-0.2, -0.15) is 0 Å². The molecule has 26 heavy (non-hydrogen) atoms. The maximum Gasteiger partial charge on any atom is 0.237 e. The first-order chi connectivity index (χ1) is 12.3. The molecule has 9 nitrogen and oxygen atoms in total. The van der Waals surface area contributed by atoms with Gasteiger partial charge in [0.25, 0.3) is 0 Å². The minimum atomic E-state index is -3.55. The molecular weight excluding hydrogens is 360 g/mol. The SMILES string of the molecule is CC(C)OCCS(=O)(=O)NCC(=O)N1CCCC(N2CCNCC2=O)C1. The Labute approximate surface area is 155 Å². The van der Waals surface area contributed by atoms with Gasteiger partial charge in [0.05, 0.1) is 31.6 Å². The van der Waals surface area contributed by atoms with Gasteiger partial charge in [-0.1, -0.05) is 0 Å². The van der Waals surface area contributed by atoms with Crippen LogP contribution in [0.5, 0.6) is 0 Å². The predicted molar refractivity (Wildman–Crippen MR) is 97.1 cm³/mol. The summed E-state index contributed by atoms with van der Waals surface area (Å²) in [5, 5.41) is 3.04. The minimum absolute atomic E-state index is 0.0124. The van der Waals surface area contributed by atoms with Crippen LogP contribution in [0, 0.1) is 0 Å². The zero-order valence-electron chi connectivity index (χ0n) is 15.6. The fourth-order valence-electron chi connectivity index (χ4n) is 3.19. The first kappa shape index (κ1) is 21.1. The molecule has 0 aromatic rings. The van der Waals surface area contributed by atoms with Crippen LogP contribution in [0.3, 0.4) is 0 Å². The quantitative estimate of drug-likeness (QED) is 0.536. The van der Waals surface area contributed by atoms with E-state index in [4.69, 9.17) is 4.74 Å². The summed E-state index contributed by atoms with van der Waals surface area (Å²) in [5.41, 5.74) is 0. The summed E-state index contributed by atoms with van der Waals surface area (Å²) in [4.78, 5) is 27.9. The molecule has 2 fully saturated rings. The molecule has 150 valence electrons. The van der Waals surface area contributed by atoms with E-state index in [0.717, 1.165) is 19.4 Å². The number of nitrogens with one attached hydrogen (secondary N) is 2. The van der Waals surface area contributed by atoms with Crippen LogP contribution in [0.4, 0.5) is 0 Å². The summed E-state index contributed by atoms with van der Waals surface area (Å²) in [5.74, 6) is -0.372. The Balaban J connectivity index is 1.80. The second-order valence-electron chi connectivity index (χ2n) is 6.96. The standard InChI is InChI=1S/C16H30N4O5S/c1-13(2)25-8-9-26(23,24)18-11-15(21)19-6-3-4-14(12-19)20-7-5-17-10-16(20)22/h13-14,17-18H,3-12H2,1-2H3. The van der Waals surface area contributed by atoms with E-state index in [-0.39, 0.29) is 42.9 Å². The normalized spacial score (nSPS) is 22.1. The fraction of sp³-hybridized carbons (Fsp3) is 0.875. The summed E-state index contributed by atoms with van der Waals surface area (Å²) in [7, 11) is -3.55. The van der Waals surface area contributed by atoms with Crippen molar-refractivity contribution in [1.29, 1.82) is 0 Å². The van der Waals surface area contributed by atoms with Crippen LogP contribution in [0.25, 0.3) is 0 Å². The molecule has 2 aliphatic rings. The monoisotopic (exact) mass is 390 g/mol. The number of piperidine rings is 1. The van der Waals surface area contributed by atoms with Gasteiger partial charge >= 0.3 is 0 Å². The van der Waals surface area contributed by atoms with Crippen LogP contribution in [0.2, 0.25) is 0 Å². The number of nitrogens with zero attached hydrogens (tertiary/aromatic N) is 2. The van der Waals surface area contributed by atoms with E-state index < -0.39 is 10.0 Å². The molecule has 0 aliphatic carbocycles. The number of sulfonamides is 1. The van der Waals surface area contributed by atoms with Crippen molar-refractivity contribution in [3.05, 3.63) is 0 Å². The van der Waals surface area contributed by atoms with Crippen LogP contribution in [-0.2, 0) is 24.3 Å². The van der Waals surface area contributed by atoms with Crippen LogP contribution in [0.15, 0.2) is 0 Å². The van der Waals surface area contributed by atoms with Gasteiger partial charge in [0, 0.05) is 32.2 Å². The Morgan fingerprint density at radius 2 is 2.15 bits per heavy atom. The highest BCUT2D eigenvalue weighted by Crippen LogP contribution is 2.17. The molecule has 0 aromatic carbocycles. The molecule has 2 N–H and O–H groups in total. The highest BCUT2D eigenvalue weighted by molar-refractivity contribution is 7.89. The average molecular weight is 391 g/mol. The van der Waals surface area contributed by atoms with Gasteiger partial charge in [-0.3, -0.25) is 9.59 Å². The number of rotatable bonds is 8. The largest absolute Gasteiger partial charge is 0.378 e. The lowest BCUT2D eigenvalue weighted by atomic mass is 10.0. The summed E-state index contributed by atoms with van der Waals surface area (Å²) in [6.45, 7) is 6.30. The van der Waals surface area contributed by atoms with Crippen molar-refractivity contribution in [2.24, 2.45) is 0 Å². The summed E-state index contributed by atoms with van der Waals surface area (Å²) in [6, 6.07) is 0.0124. The second-order valence-corrected chi connectivity index (χ2v) is 8.89. The molecule has 0 spiro atoms. The van der Waals surface area contributed by atoms with Gasteiger partial charge in [0.1, 0.15) is 0 Å². The molecule has 1 atom stereocenters. The van der Waals surface area contributed by atoms with Crippen LogP contribution < -0.4 is 10.0 Å². The van der Waals surface area contributed by atoms with E-state index in [0.29, 0.717) is 26.2 Å². The highest BCUT2D eigenvalue weighted by Gasteiger charge is 2.31. The number of amides is 2. The number of ether oxygens (including phenoxy) is 1. The van der Waals surface area contributed by atoms with Gasteiger partial charge in [-0.05, 0) is 26.7 Å². The maximum atomic E-state index is 12.4. The molecule has 0 bridgehead atoms. The van der Waals surface area contributed by atoms with E-state index in [1.54, 1.807) is 4.90 Å². The number of hydrogen-bond donors (Lipinski definition) is 2. The lowest BCUT2D eigenvalue weighted by Gasteiger charge is -2.41. The Bertz CT molecular complexity index is 595. The third kappa shape index (κ3) is 6.49. The van der Waals surface area contributed by atoms with Gasteiger partial charge in [-0.25, -0.2) is 13.1 Å². The lowest BCUT2D eigenvalue weighted by molar-refractivity contribution is -0.139. The first-order valence-electron chi connectivity index (χ1n) is 9.15. The fourth-order valence-corrected chi connectivity index (χ4v) is 4.00. The predicted octanol–water partition coefficient (Wildman–Crippen LogP) is -1.25. The second kappa shape index (κ2) is 9.63. The van der Waals surface area contributed by atoms with Crippen molar-refractivity contribution in [2.45, 2.75) is 38.8 Å². The van der Waals surface area contributed by atoms with E-state index >= 15 is 0 Å². The molecule has 0 aromatic heterocycles. The molecule has 2 heterocycles. The first-order valence-corrected chi connectivity index (χ1v) is 10.8. The number of hydrogen-bond acceptors (Lipinski definition) is 6. The molecule has 2 saturated heterocycles. The molecule has 10 heteroatoms. The Morgan fingerprint density at radius 1 is 1.38 bits per heavy atom. The van der Waals surface area contributed by atoms with Crippen molar-refractivity contribution in [1.82, 2.24) is 19.8 Å². The highest BCUT2D eigenvalue weighted by atomic mass is 32.2. The minimum Gasteiger partial charge on any atom is -0.378 e. The van der Waals surface area contributed by atoms with Gasteiger partial charge in [0.15, 0.2) is 0 Å². The topological polar surface area (TPSA) is 108 Å². The lowest BCUT2D eigenvalue weighted by Crippen LogP contribution is -2.58. The van der Waals surface area contributed by atoms with Crippen LogP contribution in [0.1, 0.15) is 26.7 Å². The van der Waals surface area contributed by atoms with Crippen molar-refractivity contribution in [3.8, 4) is 0 Å². The smallest absolute Gasteiger partial charge is 0.237 e. The van der Waals surface area contributed by atoms with E-state index in [9.17, 15) is 18.0 Å². The van der Waals surface area contributed by atoms with E-state index in [1.165, 1.54) is 0 Å². The Hall–Kier alpha value is -1.23. The number of likely N-dealkylation sites (tertiary alicyclic amines) is 1. The molecule has 1 unspecified atom stereocenters. The zero-order chi connectivity index (χ0) is 19.2. The molecule has 0 radical (unpaired) electrons. The Morgan fingerprint density at radius 3 is 2.85 bits per heavy atom. The molecular formula is C16H30N4O5S. The van der Waals surface area contributed by atoms with Crippen molar-refractivity contribution >= 4 is 21.8 Å². The van der Waals surface area contributed by atoms with Crippen molar-refractivity contribution in [3.63, 3.8) is 0 Å². The Kier molecular flexibility index (Phi) is 7.81. The zero-order valence-corrected chi connectivity index (χ0v) is 16.4. The van der Waals surface area contributed by atoms with E-state index in [1.807, 2.05) is 18.7 Å². The van der Waals surface area contributed by atoms with E-state index in [2.05, 4.69) is 10.0 Å². The number of carbonyl (C=O) groups is 2. The van der Waals surface area contributed by atoms with Crippen molar-refractivity contribution in [2.75, 3.05) is 51.6 Å². The number of piperazine rings is 1. The number of carbonyl (C=O) groups excluding carboxylic acids is 2. The third-order valence-corrected chi connectivity index (χ3v) is 5.85. The molecule has 2 aliphatic heterocycles. The summed E-state index contributed by atoms with van der Waals surface area (Å²) in [6.07, 6.45) is 1.64. The summed E-state index contributed by atoms with van der Waals surface area (Å²) >= 11 is 0. The van der Waals surface area contributed by atoms with Gasteiger partial charge < -0.3 is 19.9 Å². The summed E-state index contributed by atoms with van der Waals surface area (Å²) < 4.78 is 31.4. The third-order valence-electron chi connectivity index (χ3n) is 4.56.